The lowest BCUT2D eigenvalue weighted by atomic mass is 9.95. The topological polar surface area (TPSA) is 60.2 Å². The van der Waals surface area contributed by atoms with E-state index in [4.69, 9.17) is 5.73 Å². The first-order valence-electron chi connectivity index (χ1n) is 6.75. The first-order chi connectivity index (χ1) is 9.59. The van der Waals surface area contributed by atoms with Crippen LogP contribution in [0.1, 0.15) is 42.1 Å². The predicted octanol–water partition coefficient (Wildman–Crippen LogP) is 3.50. The monoisotopic (exact) mass is 323 g/mol. The molecule has 1 aromatic heterocycles. The number of sulfone groups is 1. The molecule has 0 bridgehead atoms. The van der Waals surface area contributed by atoms with Crippen LogP contribution in [0.5, 0.6) is 0 Å². The largest absolute Gasteiger partial charge is 0.320 e. The van der Waals surface area contributed by atoms with Gasteiger partial charge in [0.1, 0.15) is 0 Å². The third-order valence-corrected chi connectivity index (χ3v) is 6.02. The van der Waals surface area contributed by atoms with Crippen LogP contribution in [0, 0.1) is 0 Å². The second-order valence-electron chi connectivity index (χ2n) is 6.27. The van der Waals surface area contributed by atoms with E-state index in [9.17, 15) is 8.42 Å². The summed E-state index contributed by atoms with van der Waals surface area (Å²) in [6.45, 7) is 6.50. The number of hydrogen-bond acceptors (Lipinski definition) is 4. The molecule has 0 aliphatic carbocycles. The molecular weight excluding hydrogens is 302 g/mol. The molecule has 0 saturated heterocycles. The number of hydrogen-bond donors (Lipinski definition) is 1. The fraction of sp³-hybridized carbons (Fsp3) is 0.375. The van der Waals surface area contributed by atoms with Crippen LogP contribution in [0.15, 0.2) is 41.3 Å². The first kappa shape index (κ1) is 16.2. The van der Waals surface area contributed by atoms with Crippen molar-refractivity contribution in [3.63, 3.8) is 0 Å². The average Bonchev–Trinajstić information content (AvgIpc) is 2.86. The van der Waals surface area contributed by atoms with Gasteiger partial charge in [-0.1, -0.05) is 32.9 Å². The van der Waals surface area contributed by atoms with Gasteiger partial charge in [0.2, 0.25) is 0 Å². The Morgan fingerprint density at radius 3 is 2.33 bits per heavy atom. The molecular formula is C16H21NO2S2. The van der Waals surface area contributed by atoms with Gasteiger partial charge in [-0.2, -0.15) is 0 Å². The van der Waals surface area contributed by atoms with Crippen LogP contribution >= 0.6 is 11.3 Å². The van der Waals surface area contributed by atoms with Crippen molar-refractivity contribution in [2.75, 3.05) is 6.26 Å². The molecule has 2 N–H and O–H groups in total. The number of rotatable bonds is 3. The zero-order chi connectivity index (χ0) is 15.8. The van der Waals surface area contributed by atoms with E-state index in [0.717, 1.165) is 10.4 Å². The normalized spacial score (nSPS) is 14.1. The Labute approximate surface area is 130 Å². The summed E-state index contributed by atoms with van der Waals surface area (Å²) in [5.74, 6) is 0. The first-order valence-corrected chi connectivity index (χ1v) is 9.45. The summed E-state index contributed by atoms with van der Waals surface area (Å²) in [6, 6.07) is 10.7. The Balaban J connectivity index is 2.37. The van der Waals surface area contributed by atoms with E-state index < -0.39 is 9.84 Å². The quantitative estimate of drug-likeness (QED) is 0.940. The van der Waals surface area contributed by atoms with Gasteiger partial charge < -0.3 is 5.73 Å². The number of thiophene rings is 1. The zero-order valence-corrected chi connectivity index (χ0v) is 14.4. The minimum Gasteiger partial charge on any atom is -0.320 e. The summed E-state index contributed by atoms with van der Waals surface area (Å²) >= 11 is 1.68. The third-order valence-electron chi connectivity index (χ3n) is 3.32. The third kappa shape index (κ3) is 3.73. The molecule has 0 fully saturated rings. The lowest BCUT2D eigenvalue weighted by Gasteiger charge is -2.16. The Morgan fingerprint density at radius 1 is 1.14 bits per heavy atom. The Hall–Kier alpha value is -1.17. The van der Waals surface area contributed by atoms with Crippen molar-refractivity contribution in [3.8, 4) is 0 Å². The summed E-state index contributed by atoms with van der Waals surface area (Å²) in [6.07, 6.45) is 1.21. The minimum absolute atomic E-state index is 0.0945. The number of nitrogens with two attached hydrogens (primary N) is 1. The minimum atomic E-state index is -3.21. The van der Waals surface area contributed by atoms with Gasteiger partial charge in [0, 0.05) is 16.0 Å². The standard InChI is InChI=1S/C16H21NO2S2/c1-16(2,3)14-9-8-13(20-14)15(17)11-6-5-7-12(10-11)21(4,18)19/h5-10,15H,17H2,1-4H3. The van der Waals surface area contributed by atoms with Crippen molar-refractivity contribution in [2.24, 2.45) is 5.73 Å². The van der Waals surface area contributed by atoms with Gasteiger partial charge in [-0.3, -0.25) is 0 Å². The molecule has 0 radical (unpaired) electrons. The summed E-state index contributed by atoms with van der Waals surface area (Å²) in [4.78, 5) is 2.63. The summed E-state index contributed by atoms with van der Waals surface area (Å²) < 4.78 is 23.3. The van der Waals surface area contributed by atoms with E-state index >= 15 is 0 Å². The second-order valence-corrected chi connectivity index (χ2v) is 9.41. The van der Waals surface area contributed by atoms with E-state index in [1.165, 1.54) is 11.1 Å². The Morgan fingerprint density at radius 2 is 1.81 bits per heavy atom. The molecule has 1 atom stereocenters. The van der Waals surface area contributed by atoms with Gasteiger partial charge >= 0.3 is 0 Å². The van der Waals surface area contributed by atoms with Crippen molar-refractivity contribution < 1.29 is 8.42 Å². The molecule has 0 spiro atoms. The van der Waals surface area contributed by atoms with Crippen molar-refractivity contribution in [3.05, 3.63) is 51.7 Å². The molecule has 1 unspecified atom stereocenters. The maximum Gasteiger partial charge on any atom is 0.175 e. The van der Waals surface area contributed by atoms with E-state index in [2.05, 4.69) is 26.8 Å². The van der Waals surface area contributed by atoms with Crippen LogP contribution in [0.3, 0.4) is 0 Å². The lowest BCUT2D eigenvalue weighted by Crippen LogP contribution is -2.11. The predicted molar refractivity (Wildman–Crippen MR) is 88.6 cm³/mol. The van der Waals surface area contributed by atoms with Crippen LogP contribution < -0.4 is 5.73 Å². The van der Waals surface area contributed by atoms with Crippen LogP contribution in [0.25, 0.3) is 0 Å². The van der Waals surface area contributed by atoms with E-state index in [-0.39, 0.29) is 11.5 Å². The van der Waals surface area contributed by atoms with Gasteiger partial charge in [0.15, 0.2) is 9.84 Å². The summed E-state index contributed by atoms with van der Waals surface area (Å²) in [7, 11) is -3.21. The molecule has 1 aromatic carbocycles. The van der Waals surface area contributed by atoms with Gasteiger partial charge in [0.05, 0.1) is 10.9 Å². The van der Waals surface area contributed by atoms with Crippen LogP contribution in [-0.2, 0) is 15.3 Å². The molecule has 5 heteroatoms. The zero-order valence-electron chi connectivity index (χ0n) is 12.8. The smallest absolute Gasteiger partial charge is 0.175 e. The van der Waals surface area contributed by atoms with E-state index in [0.29, 0.717) is 4.90 Å². The molecule has 21 heavy (non-hydrogen) atoms. The molecule has 3 nitrogen and oxygen atoms in total. The fourth-order valence-corrected chi connectivity index (χ4v) is 3.80. The van der Waals surface area contributed by atoms with Crippen molar-refractivity contribution in [1.82, 2.24) is 0 Å². The lowest BCUT2D eigenvalue weighted by molar-refractivity contribution is 0.601. The highest BCUT2D eigenvalue weighted by Crippen LogP contribution is 2.34. The van der Waals surface area contributed by atoms with Crippen LogP contribution in [0.4, 0.5) is 0 Å². The molecule has 0 saturated carbocycles. The van der Waals surface area contributed by atoms with E-state index in [1.807, 2.05) is 12.1 Å². The molecule has 0 amide bonds. The molecule has 114 valence electrons. The molecule has 2 aromatic rings. The van der Waals surface area contributed by atoms with E-state index in [1.54, 1.807) is 29.5 Å². The molecule has 1 heterocycles. The van der Waals surface area contributed by atoms with Crippen LogP contribution in [0.2, 0.25) is 0 Å². The average molecular weight is 323 g/mol. The Bertz CT molecular complexity index is 740. The SMILES string of the molecule is CC(C)(C)c1ccc(C(N)c2cccc(S(C)(=O)=O)c2)s1. The maximum atomic E-state index is 11.6. The Kier molecular flexibility index (Phi) is 4.29. The van der Waals surface area contributed by atoms with Crippen molar-refractivity contribution in [1.29, 1.82) is 0 Å². The summed E-state index contributed by atoms with van der Waals surface area (Å²) in [5, 5.41) is 0. The highest BCUT2D eigenvalue weighted by atomic mass is 32.2. The molecule has 2 rings (SSSR count). The molecule has 0 aliphatic rings. The van der Waals surface area contributed by atoms with Crippen LogP contribution in [-0.4, -0.2) is 14.7 Å². The second kappa shape index (κ2) is 5.55. The highest BCUT2D eigenvalue weighted by molar-refractivity contribution is 7.90. The van der Waals surface area contributed by atoms with Crippen molar-refractivity contribution in [2.45, 2.75) is 37.1 Å². The van der Waals surface area contributed by atoms with Gasteiger partial charge in [-0.05, 0) is 35.2 Å². The maximum absolute atomic E-state index is 11.6. The number of benzene rings is 1. The van der Waals surface area contributed by atoms with Gasteiger partial charge in [-0.25, -0.2) is 8.42 Å². The van der Waals surface area contributed by atoms with Gasteiger partial charge in [0.25, 0.3) is 0 Å². The van der Waals surface area contributed by atoms with Gasteiger partial charge in [-0.15, -0.1) is 11.3 Å². The van der Waals surface area contributed by atoms with Crippen molar-refractivity contribution >= 4 is 21.2 Å². The fourth-order valence-electron chi connectivity index (χ4n) is 2.03. The molecule has 0 aliphatic heterocycles. The summed E-state index contributed by atoms with van der Waals surface area (Å²) in [5.41, 5.74) is 7.21. The highest BCUT2D eigenvalue weighted by Gasteiger charge is 2.19.